The van der Waals surface area contributed by atoms with Gasteiger partial charge in [0.05, 0.1) is 18.8 Å². The van der Waals surface area contributed by atoms with Crippen LogP contribution in [0.1, 0.15) is 26.3 Å². The van der Waals surface area contributed by atoms with E-state index in [1.165, 1.54) is 4.90 Å². The summed E-state index contributed by atoms with van der Waals surface area (Å²) in [6.07, 6.45) is 5.57. The van der Waals surface area contributed by atoms with Crippen molar-refractivity contribution in [2.75, 3.05) is 19.4 Å². The van der Waals surface area contributed by atoms with E-state index in [1.807, 2.05) is 29.0 Å². The first-order valence-electron chi connectivity index (χ1n) is 8.98. The molecular formula is C20H29N5O2. The third-order valence-electron chi connectivity index (χ3n) is 4.41. The number of carbonyl (C=O) groups excluding carboxylic acids is 2. The Kier molecular flexibility index (Phi) is 6.60. The Hall–Kier alpha value is -2.83. The van der Waals surface area contributed by atoms with Gasteiger partial charge in [-0.15, -0.1) is 0 Å². The van der Waals surface area contributed by atoms with Gasteiger partial charge in [-0.1, -0.05) is 39.0 Å². The molecule has 1 aromatic carbocycles. The normalized spacial score (nSPS) is 12.3. The van der Waals surface area contributed by atoms with Gasteiger partial charge >= 0.3 is 6.03 Å². The molecule has 2 N–H and O–H groups in total. The average molecular weight is 371 g/mol. The van der Waals surface area contributed by atoms with Crippen LogP contribution in [0.15, 0.2) is 43.0 Å². The molecule has 1 aromatic heterocycles. The summed E-state index contributed by atoms with van der Waals surface area (Å²) in [6.45, 7) is 6.87. The molecule has 0 aliphatic carbocycles. The molecule has 0 radical (unpaired) electrons. The van der Waals surface area contributed by atoms with Gasteiger partial charge in [-0.05, 0) is 17.0 Å². The average Bonchev–Trinajstić information content (AvgIpc) is 3.08. The van der Waals surface area contributed by atoms with E-state index in [-0.39, 0.29) is 29.8 Å². The Labute approximate surface area is 160 Å². The molecule has 7 heteroatoms. The molecule has 0 fully saturated rings. The Morgan fingerprint density at radius 2 is 1.93 bits per heavy atom. The quantitative estimate of drug-likeness (QED) is 0.819. The van der Waals surface area contributed by atoms with Crippen molar-refractivity contribution in [2.45, 2.75) is 39.8 Å². The minimum Gasteiger partial charge on any atom is -0.349 e. The van der Waals surface area contributed by atoms with Crippen LogP contribution >= 0.6 is 0 Å². The van der Waals surface area contributed by atoms with E-state index in [4.69, 9.17) is 0 Å². The largest absolute Gasteiger partial charge is 0.349 e. The molecule has 3 amide bonds. The zero-order valence-corrected chi connectivity index (χ0v) is 16.7. The monoisotopic (exact) mass is 371 g/mol. The molecule has 27 heavy (non-hydrogen) atoms. The first-order chi connectivity index (χ1) is 12.7. The van der Waals surface area contributed by atoms with Crippen molar-refractivity contribution in [3.8, 4) is 0 Å². The van der Waals surface area contributed by atoms with E-state index in [2.05, 4.69) is 36.4 Å². The zero-order valence-electron chi connectivity index (χ0n) is 16.7. The maximum Gasteiger partial charge on any atom is 0.319 e. The number of hydrogen-bond acceptors (Lipinski definition) is 3. The standard InChI is InChI=1S/C20H29N5O2/c1-20(2,3)17(13-25-11-10-21-14-25)23-19(27)22-16-9-7-6-8-15(16)12-18(26)24(4)5/h6-11,14,17H,12-13H2,1-5H3,(H2,22,23,27)/t17-/m0/s1. The van der Waals surface area contributed by atoms with E-state index in [0.29, 0.717) is 12.2 Å². The van der Waals surface area contributed by atoms with Crippen LogP contribution in [0, 0.1) is 5.41 Å². The molecule has 2 aromatic rings. The van der Waals surface area contributed by atoms with Gasteiger partial charge in [0.15, 0.2) is 0 Å². The van der Waals surface area contributed by atoms with Crippen molar-refractivity contribution in [3.05, 3.63) is 48.5 Å². The number of amides is 3. The number of anilines is 1. The predicted octanol–water partition coefficient (Wildman–Crippen LogP) is 2.75. The van der Waals surface area contributed by atoms with Crippen molar-refractivity contribution in [1.29, 1.82) is 0 Å². The summed E-state index contributed by atoms with van der Waals surface area (Å²) in [6, 6.07) is 6.97. The molecule has 0 aliphatic rings. The smallest absolute Gasteiger partial charge is 0.319 e. The maximum absolute atomic E-state index is 12.6. The van der Waals surface area contributed by atoms with Gasteiger partial charge in [0, 0.05) is 38.7 Å². The van der Waals surface area contributed by atoms with Crippen molar-refractivity contribution in [1.82, 2.24) is 19.8 Å². The number of hydrogen-bond donors (Lipinski definition) is 2. The molecule has 2 rings (SSSR count). The van der Waals surface area contributed by atoms with Gasteiger partial charge in [0.1, 0.15) is 0 Å². The van der Waals surface area contributed by atoms with Crippen LogP contribution in [0.3, 0.4) is 0 Å². The Bertz CT molecular complexity index is 763. The van der Waals surface area contributed by atoms with Gasteiger partial charge in [0.2, 0.25) is 5.91 Å². The van der Waals surface area contributed by atoms with E-state index >= 15 is 0 Å². The number of imidazole rings is 1. The Morgan fingerprint density at radius 1 is 1.22 bits per heavy atom. The third kappa shape index (κ3) is 6.13. The van der Waals surface area contributed by atoms with Crippen molar-refractivity contribution in [3.63, 3.8) is 0 Å². The van der Waals surface area contributed by atoms with Crippen molar-refractivity contribution < 1.29 is 9.59 Å². The molecule has 1 atom stereocenters. The lowest BCUT2D eigenvalue weighted by molar-refractivity contribution is -0.127. The highest BCUT2D eigenvalue weighted by Gasteiger charge is 2.27. The summed E-state index contributed by atoms with van der Waals surface area (Å²) in [5.41, 5.74) is 1.29. The summed E-state index contributed by atoms with van der Waals surface area (Å²) in [7, 11) is 3.43. The van der Waals surface area contributed by atoms with E-state index in [0.717, 1.165) is 5.56 Å². The van der Waals surface area contributed by atoms with Crippen molar-refractivity contribution in [2.24, 2.45) is 5.41 Å². The molecule has 0 unspecified atom stereocenters. The number of carbonyl (C=O) groups is 2. The molecule has 7 nitrogen and oxygen atoms in total. The maximum atomic E-state index is 12.6. The number of urea groups is 1. The second kappa shape index (κ2) is 8.70. The zero-order chi connectivity index (χ0) is 20.0. The minimum atomic E-state index is -0.292. The molecular weight excluding hydrogens is 342 g/mol. The van der Waals surface area contributed by atoms with Crippen LogP contribution in [0.25, 0.3) is 0 Å². The number of aromatic nitrogens is 2. The van der Waals surface area contributed by atoms with Gasteiger partial charge < -0.3 is 20.1 Å². The molecule has 0 bridgehead atoms. The lowest BCUT2D eigenvalue weighted by Crippen LogP contribution is -2.48. The van der Waals surface area contributed by atoms with E-state index < -0.39 is 0 Å². The van der Waals surface area contributed by atoms with Crippen LogP contribution < -0.4 is 10.6 Å². The molecule has 146 valence electrons. The molecule has 0 spiro atoms. The summed E-state index contributed by atoms with van der Waals surface area (Å²) >= 11 is 0. The Morgan fingerprint density at radius 3 is 2.52 bits per heavy atom. The highest BCUT2D eigenvalue weighted by molar-refractivity contribution is 5.91. The van der Waals surface area contributed by atoms with E-state index in [9.17, 15) is 9.59 Å². The topological polar surface area (TPSA) is 79.3 Å². The lowest BCUT2D eigenvalue weighted by Gasteiger charge is -2.32. The highest BCUT2D eigenvalue weighted by Crippen LogP contribution is 2.21. The second-order valence-corrected chi connectivity index (χ2v) is 7.90. The van der Waals surface area contributed by atoms with Gasteiger partial charge in [0.25, 0.3) is 0 Å². The molecule has 0 saturated heterocycles. The van der Waals surface area contributed by atoms with Gasteiger partial charge in [-0.3, -0.25) is 4.79 Å². The molecule has 1 heterocycles. The minimum absolute atomic E-state index is 0.0164. The number of likely N-dealkylation sites (N-methyl/N-ethyl adjacent to an activating group) is 1. The summed E-state index contributed by atoms with van der Waals surface area (Å²) in [4.78, 5) is 30.2. The van der Waals surface area contributed by atoms with Crippen LogP contribution in [0.4, 0.5) is 10.5 Å². The van der Waals surface area contributed by atoms with Crippen LogP contribution in [0.5, 0.6) is 0 Å². The van der Waals surface area contributed by atoms with Crippen LogP contribution in [0.2, 0.25) is 0 Å². The second-order valence-electron chi connectivity index (χ2n) is 7.90. The number of para-hydroxylation sites is 1. The van der Waals surface area contributed by atoms with Gasteiger partial charge in [-0.25, -0.2) is 9.78 Å². The Balaban J connectivity index is 2.08. The van der Waals surface area contributed by atoms with Crippen LogP contribution in [-0.2, 0) is 17.8 Å². The molecule has 0 saturated carbocycles. The first-order valence-corrected chi connectivity index (χ1v) is 8.98. The van der Waals surface area contributed by atoms with Crippen molar-refractivity contribution >= 4 is 17.6 Å². The fourth-order valence-corrected chi connectivity index (χ4v) is 2.58. The third-order valence-corrected chi connectivity index (χ3v) is 4.41. The van der Waals surface area contributed by atoms with Gasteiger partial charge in [-0.2, -0.15) is 0 Å². The predicted molar refractivity (Wildman–Crippen MR) is 106 cm³/mol. The number of rotatable bonds is 6. The fraction of sp³-hybridized carbons (Fsp3) is 0.450. The number of benzene rings is 1. The highest BCUT2D eigenvalue weighted by atomic mass is 16.2. The van der Waals surface area contributed by atoms with Crippen LogP contribution in [-0.4, -0.2) is 46.5 Å². The summed E-state index contributed by atoms with van der Waals surface area (Å²) in [5, 5.41) is 5.94. The number of nitrogens with one attached hydrogen (secondary N) is 2. The summed E-state index contributed by atoms with van der Waals surface area (Å²) in [5.74, 6) is -0.0164. The number of nitrogens with zero attached hydrogens (tertiary/aromatic N) is 3. The first kappa shape index (κ1) is 20.5. The lowest BCUT2D eigenvalue weighted by atomic mass is 9.86. The fourth-order valence-electron chi connectivity index (χ4n) is 2.58. The molecule has 0 aliphatic heterocycles. The van der Waals surface area contributed by atoms with E-state index in [1.54, 1.807) is 32.7 Å². The SMILES string of the molecule is CN(C)C(=O)Cc1ccccc1NC(=O)N[C@@H](Cn1ccnc1)C(C)(C)C. The summed E-state index contributed by atoms with van der Waals surface area (Å²) < 4.78 is 1.94.